The first-order chi connectivity index (χ1) is 12.1. The second-order valence-corrected chi connectivity index (χ2v) is 6.30. The number of nitrogens with one attached hydrogen (secondary N) is 1. The molecule has 0 saturated carbocycles. The summed E-state index contributed by atoms with van der Waals surface area (Å²) in [5.41, 5.74) is 4.15. The van der Waals surface area contributed by atoms with Crippen LogP contribution in [0.3, 0.4) is 0 Å². The molecule has 0 unspecified atom stereocenters. The van der Waals surface area contributed by atoms with E-state index in [1.165, 1.54) is 0 Å². The van der Waals surface area contributed by atoms with Crippen LogP contribution >= 0.6 is 11.6 Å². The highest BCUT2D eigenvalue weighted by atomic mass is 35.5. The zero-order valence-corrected chi connectivity index (χ0v) is 14.3. The van der Waals surface area contributed by atoms with E-state index >= 15 is 0 Å². The van der Waals surface area contributed by atoms with E-state index in [1.807, 2.05) is 73.7 Å². The first-order valence-corrected chi connectivity index (χ1v) is 8.31. The molecule has 25 heavy (non-hydrogen) atoms. The highest BCUT2D eigenvalue weighted by molar-refractivity contribution is 6.31. The Bertz CT molecular complexity index is 1130. The smallest absolute Gasteiger partial charge is 0.152 e. The normalized spacial score (nSPS) is 12.0. The molecular weight excluding hydrogens is 332 g/mol. The van der Waals surface area contributed by atoms with E-state index in [0.29, 0.717) is 5.02 Å². The van der Waals surface area contributed by atoms with Crippen LogP contribution in [-0.4, -0.2) is 11.5 Å². The zero-order chi connectivity index (χ0) is 17.4. The van der Waals surface area contributed by atoms with E-state index in [2.05, 4.69) is 4.99 Å². The Balaban J connectivity index is 1.78. The predicted molar refractivity (Wildman–Crippen MR) is 104 cm³/mol. The molecule has 1 N–H and O–H groups in total. The first kappa shape index (κ1) is 15.6. The lowest BCUT2D eigenvalue weighted by Crippen LogP contribution is -2.02. The number of halogens is 1. The average molecular weight is 347 g/mol. The first-order valence-electron chi connectivity index (χ1n) is 7.93. The molecule has 0 spiro atoms. The van der Waals surface area contributed by atoms with Gasteiger partial charge in [0.2, 0.25) is 0 Å². The van der Waals surface area contributed by atoms with Crippen molar-refractivity contribution in [2.75, 3.05) is 0 Å². The quantitative estimate of drug-likeness (QED) is 0.347. The number of hydrogen-bond acceptors (Lipinski definition) is 2. The third kappa shape index (κ3) is 2.94. The van der Waals surface area contributed by atoms with Crippen LogP contribution in [0.25, 0.3) is 21.9 Å². The third-order valence-electron chi connectivity index (χ3n) is 4.18. The van der Waals surface area contributed by atoms with Crippen molar-refractivity contribution in [3.63, 3.8) is 0 Å². The number of rotatable bonds is 2. The number of amidine groups is 1. The van der Waals surface area contributed by atoms with Crippen molar-refractivity contribution in [1.82, 2.24) is 0 Å². The molecule has 0 aliphatic carbocycles. The van der Waals surface area contributed by atoms with E-state index in [9.17, 15) is 0 Å². The summed E-state index contributed by atoms with van der Waals surface area (Å²) in [6, 6.07) is 21.0. The predicted octanol–water partition coefficient (Wildman–Crippen LogP) is 6.07. The molecule has 4 aromatic rings. The van der Waals surface area contributed by atoms with Crippen molar-refractivity contribution >= 4 is 45.1 Å². The molecule has 0 aliphatic heterocycles. The molecule has 1 aromatic heterocycles. The van der Waals surface area contributed by atoms with Gasteiger partial charge in [-0.3, -0.25) is 5.41 Å². The van der Waals surface area contributed by atoms with Crippen LogP contribution < -0.4 is 0 Å². The summed E-state index contributed by atoms with van der Waals surface area (Å²) in [6.45, 7) is 1.91. The van der Waals surface area contributed by atoms with Crippen LogP contribution in [0.15, 0.2) is 76.1 Å². The SMILES string of the molecule is CC(=NC(=N)c1ccccc1)c1ccc2oc3ccc(Cl)cc3c2c1. The molecule has 0 amide bonds. The van der Waals surface area contributed by atoms with E-state index in [-0.39, 0.29) is 5.84 Å². The lowest BCUT2D eigenvalue weighted by atomic mass is 10.1. The maximum absolute atomic E-state index is 8.18. The molecule has 122 valence electrons. The van der Waals surface area contributed by atoms with Gasteiger partial charge in [0, 0.05) is 27.1 Å². The topological polar surface area (TPSA) is 49.4 Å². The monoisotopic (exact) mass is 346 g/mol. The fourth-order valence-corrected chi connectivity index (χ4v) is 3.04. The maximum Gasteiger partial charge on any atom is 0.152 e. The van der Waals surface area contributed by atoms with Crippen LogP contribution in [0.5, 0.6) is 0 Å². The zero-order valence-electron chi connectivity index (χ0n) is 13.6. The van der Waals surface area contributed by atoms with Crippen molar-refractivity contribution in [1.29, 1.82) is 5.41 Å². The Morgan fingerprint density at radius 1 is 0.880 bits per heavy atom. The molecular formula is C21H15ClN2O. The van der Waals surface area contributed by atoms with Crippen LogP contribution in [0.1, 0.15) is 18.1 Å². The number of fused-ring (bicyclic) bond motifs is 3. The minimum absolute atomic E-state index is 0.248. The summed E-state index contributed by atoms with van der Waals surface area (Å²) >= 11 is 6.12. The lowest BCUT2D eigenvalue weighted by Gasteiger charge is -2.03. The molecule has 4 rings (SSSR count). The molecule has 1 heterocycles. The van der Waals surface area contributed by atoms with E-state index in [4.69, 9.17) is 21.4 Å². The fraction of sp³-hybridized carbons (Fsp3) is 0.0476. The summed E-state index contributed by atoms with van der Waals surface area (Å²) in [6.07, 6.45) is 0. The van der Waals surface area contributed by atoms with Gasteiger partial charge in [0.15, 0.2) is 5.84 Å². The van der Waals surface area contributed by atoms with Crippen molar-refractivity contribution in [3.8, 4) is 0 Å². The minimum atomic E-state index is 0.248. The minimum Gasteiger partial charge on any atom is -0.456 e. The van der Waals surface area contributed by atoms with E-state index in [0.717, 1.165) is 38.8 Å². The van der Waals surface area contributed by atoms with Gasteiger partial charge in [-0.25, -0.2) is 4.99 Å². The van der Waals surface area contributed by atoms with Gasteiger partial charge >= 0.3 is 0 Å². The Labute approximate surface area is 150 Å². The molecule has 0 atom stereocenters. The number of nitrogens with zero attached hydrogens (tertiary/aromatic N) is 1. The molecule has 3 aromatic carbocycles. The van der Waals surface area contributed by atoms with Gasteiger partial charge in [-0.1, -0.05) is 41.9 Å². The van der Waals surface area contributed by atoms with Gasteiger partial charge in [0.25, 0.3) is 0 Å². The van der Waals surface area contributed by atoms with Gasteiger partial charge in [0.1, 0.15) is 11.2 Å². The summed E-state index contributed by atoms with van der Waals surface area (Å²) in [7, 11) is 0. The number of benzene rings is 3. The Hall–Kier alpha value is -2.91. The van der Waals surface area contributed by atoms with Gasteiger partial charge in [-0.15, -0.1) is 0 Å². The largest absolute Gasteiger partial charge is 0.456 e. The fourth-order valence-electron chi connectivity index (χ4n) is 2.87. The molecule has 0 bridgehead atoms. The van der Waals surface area contributed by atoms with Gasteiger partial charge < -0.3 is 4.42 Å². The molecule has 0 saturated heterocycles. The van der Waals surface area contributed by atoms with Crippen molar-refractivity contribution < 1.29 is 4.42 Å². The van der Waals surface area contributed by atoms with Crippen molar-refractivity contribution in [2.45, 2.75) is 6.92 Å². The van der Waals surface area contributed by atoms with Crippen molar-refractivity contribution in [3.05, 3.63) is 82.9 Å². The van der Waals surface area contributed by atoms with Gasteiger partial charge in [-0.05, 0) is 48.9 Å². The Kier molecular flexibility index (Phi) is 3.86. The van der Waals surface area contributed by atoms with Crippen LogP contribution in [-0.2, 0) is 0 Å². The lowest BCUT2D eigenvalue weighted by molar-refractivity contribution is 0.669. The summed E-state index contributed by atoms with van der Waals surface area (Å²) < 4.78 is 5.85. The summed E-state index contributed by atoms with van der Waals surface area (Å²) in [5.74, 6) is 0.248. The Morgan fingerprint density at radius 3 is 2.32 bits per heavy atom. The molecule has 0 radical (unpaired) electrons. The standard InChI is InChI=1S/C21H15ClN2O/c1-13(24-21(23)14-5-3-2-4-6-14)15-7-9-19-17(11-15)18-12-16(22)8-10-20(18)25-19/h2-12,23H,1H3. The van der Waals surface area contributed by atoms with Gasteiger partial charge in [-0.2, -0.15) is 0 Å². The van der Waals surface area contributed by atoms with Crippen LogP contribution in [0.4, 0.5) is 0 Å². The maximum atomic E-state index is 8.18. The molecule has 0 fully saturated rings. The van der Waals surface area contributed by atoms with Crippen LogP contribution in [0.2, 0.25) is 5.02 Å². The average Bonchev–Trinajstić information content (AvgIpc) is 2.99. The molecule has 4 heteroatoms. The third-order valence-corrected chi connectivity index (χ3v) is 4.41. The number of furan rings is 1. The second kappa shape index (κ2) is 6.19. The Morgan fingerprint density at radius 2 is 1.56 bits per heavy atom. The van der Waals surface area contributed by atoms with Crippen molar-refractivity contribution in [2.24, 2.45) is 4.99 Å². The molecule has 0 aliphatic rings. The van der Waals surface area contributed by atoms with Crippen LogP contribution in [0, 0.1) is 5.41 Å². The number of aliphatic imine (C=N–C) groups is 1. The summed E-state index contributed by atoms with van der Waals surface area (Å²) in [4.78, 5) is 4.45. The van der Waals surface area contributed by atoms with E-state index in [1.54, 1.807) is 0 Å². The summed E-state index contributed by atoms with van der Waals surface area (Å²) in [5, 5.41) is 10.8. The van der Waals surface area contributed by atoms with E-state index < -0.39 is 0 Å². The highest BCUT2D eigenvalue weighted by Crippen LogP contribution is 2.31. The molecule has 3 nitrogen and oxygen atoms in total. The van der Waals surface area contributed by atoms with Gasteiger partial charge in [0.05, 0.1) is 0 Å². The second-order valence-electron chi connectivity index (χ2n) is 5.87. The number of hydrogen-bond donors (Lipinski definition) is 1. The highest BCUT2D eigenvalue weighted by Gasteiger charge is 2.10.